The highest BCUT2D eigenvalue weighted by Gasteiger charge is 1.71. The Morgan fingerprint density at radius 3 is 2.77 bits per heavy atom. The molecule has 0 aromatic rings. The zero-order chi connectivity index (χ0) is 9.78. The van der Waals surface area contributed by atoms with Crippen LogP contribution in [-0.4, -0.2) is 0 Å². The minimum atomic E-state index is 0.927. The van der Waals surface area contributed by atoms with Crippen molar-refractivity contribution in [1.82, 2.24) is 0 Å². The summed E-state index contributed by atoms with van der Waals surface area (Å²) in [6.07, 6.45) is 17.2. The molecule has 0 aliphatic carbocycles. The lowest BCUT2D eigenvalue weighted by molar-refractivity contribution is 1.05. The summed E-state index contributed by atoms with van der Waals surface area (Å²) >= 11 is 0. The van der Waals surface area contributed by atoms with Crippen LogP contribution in [0.25, 0.3) is 0 Å². The normalized spacial score (nSPS) is 10.2. The highest BCUT2D eigenvalue weighted by atomic mass is 13.8. The molecule has 0 spiro atoms. The fraction of sp³-hybridized carbons (Fsp3) is 0.308. The monoisotopic (exact) mass is 174 g/mol. The average molecular weight is 174 g/mol. The van der Waals surface area contributed by atoms with E-state index >= 15 is 0 Å². The SMILES string of the molecule is C=CC/C=C/C=C=CCC/C=C/C. The summed E-state index contributed by atoms with van der Waals surface area (Å²) in [7, 11) is 0. The van der Waals surface area contributed by atoms with Crippen molar-refractivity contribution in [2.24, 2.45) is 0 Å². The van der Waals surface area contributed by atoms with Gasteiger partial charge >= 0.3 is 0 Å². The second kappa shape index (κ2) is 10.7. The Bertz CT molecular complexity index is 222. The van der Waals surface area contributed by atoms with Crippen LogP contribution in [0.2, 0.25) is 0 Å². The maximum absolute atomic E-state index is 3.63. The van der Waals surface area contributed by atoms with E-state index in [1.54, 1.807) is 0 Å². The number of unbranched alkanes of at least 4 members (excludes halogenated alkanes) is 1. The molecule has 0 N–H and O–H groups in total. The molecule has 0 aliphatic heterocycles. The standard InChI is InChI=1S/C13H18/c1-3-5-7-9-11-13-12-10-8-6-4-2/h3-4,6-7,9,11-12H,1,5,8,10H2,2H3/b6-4+,9-7+. The van der Waals surface area contributed by atoms with Gasteiger partial charge in [-0.05, 0) is 38.3 Å². The van der Waals surface area contributed by atoms with Crippen molar-refractivity contribution in [2.45, 2.75) is 26.2 Å². The maximum atomic E-state index is 3.63. The molecule has 0 aliphatic rings. The molecule has 0 nitrogen and oxygen atoms in total. The van der Waals surface area contributed by atoms with E-state index in [1.807, 2.05) is 25.2 Å². The average Bonchev–Trinajstić information content (AvgIpc) is 2.16. The Morgan fingerprint density at radius 2 is 2.08 bits per heavy atom. The first-order valence-electron chi connectivity index (χ1n) is 4.70. The van der Waals surface area contributed by atoms with E-state index < -0.39 is 0 Å². The molecule has 0 heterocycles. The Kier molecular flexibility index (Phi) is 9.70. The lowest BCUT2D eigenvalue weighted by atomic mass is 10.3. The van der Waals surface area contributed by atoms with Crippen molar-refractivity contribution in [3.05, 3.63) is 54.8 Å². The van der Waals surface area contributed by atoms with Gasteiger partial charge in [-0.25, -0.2) is 0 Å². The summed E-state index contributed by atoms with van der Waals surface area (Å²) in [4.78, 5) is 0. The van der Waals surface area contributed by atoms with Crippen molar-refractivity contribution in [2.75, 3.05) is 0 Å². The van der Waals surface area contributed by atoms with Crippen LogP contribution in [0.3, 0.4) is 0 Å². The molecule has 0 aromatic carbocycles. The molecule has 0 fully saturated rings. The van der Waals surface area contributed by atoms with Gasteiger partial charge < -0.3 is 0 Å². The summed E-state index contributed by atoms with van der Waals surface area (Å²) in [5.74, 6) is 0. The largest absolute Gasteiger partial charge is 0.125 e. The van der Waals surface area contributed by atoms with Gasteiger partial charge in [0.25, 0.3) is 0 Å². The zero-order valence-electron chi connectivity index (χ0n) is 8.37. The number of hydrogen-bond acceptors (Lipinski definition) is 0. The lowest BCUT2D eigenvalue weighted by Crippen LogP contribution is -1.60. The topological polar surface area (TPSA) is 0 Å². The predicted octanol–water partition coefficient (Wildman–Crippen LogP) is 4.19. The van der Waals surface area contributed by atoms with Crippen molar-refractivity contribution in [3.63, 3.8) is 0 Å². The van der Waals surface area contributed by atoms with Crippen molar-refractivity contribution in [1.29, 1.82) is 0 Å². The highest BCUT2D eigenvalue weighted by molar-refractivity contribution is 5.04. The first kappa shape index (κ1) is 11.7. The van der Waals surface area contributed by atoms with Crippen molar-refractivity contribution >= 4 is 0 Å². The third-order valence-corrected chi connectivity index (χ3v) is 1.46. The van der Waals surface area contributed by atoms with Crippen LogP contribution in [0.15, 0.2) is 54.8 Å². The first-order valence-corrected chi connectivity index (χ1v) is 4.70. The van der Waals surface area contributed by atoms with Crippen LogP contribution in [0.4, 0.5) is 0 Å². The zero-order valence-corrected chi connectivity index (χ0v) is 8.37. The summed E-state index contributed by atoms with van der Waals surface area (Å²) in [5.41, 5.74) is 3.10. The number of hydrogen-bond donors (Lipinski definition) is 0. The van der Waals surface area contributed by atoms with Crippen LogP contribution in [0.1, 0.15) is 26.2 Å². The minimum Gasteiger partial charge on any atom is -0.125 e. The van der Waals surface area contributed by atoms with E-state index in [1.165, 1.54) is 0 Å². The van der Waals surface area contributed by atoms with Gasteiger partial charge in [0, 0.05) is 0 Å². The Morgan fingerprint density at radius 1 is 1.23 bits per heavy atom. The van der Waals surface area contributed by atoms with Crippen LogP contribution in [-0.2, 0) is 0 Å². The Labute approximate surface area is 81.7 Å². The Hall–Kier alpha value is -1.26. The highest BCUT2D eigenvalue weighted by Crippen LogP contribution is 1.91. The van der Waals surface area contributed by atoms with Gasteiger partial charge in [-0.15, -0.1) is 12.3 Å². The molecule has 13 heavy (non-hydrogen) atoms. The molecule has 0 aromatic heterocycles. The molecule has 0 unspecified atom stereocenters. The van der Waals surface area contributed by atoms with Crippen LogP contribution < -0.4 is 0 Å². The summed E-state index contributed by atoms with van der Waals surface area (Å²) in [6.45, 7) is 5.67. The molecule has 0 saturated carbocycles. The van der Waals surface area contributed by atoms with E-state index in [-0.39, 0.29) is 0 Å². The number of allylic oxidation sites excluding steroid dienone is 6. The van der Waals surface area contributed by atoms with Gasteiger partial charge in [-0.2, -0.15) is 0 Å². The molecule has 0 radical (unpaired) electrons. The van der Waals surface area contributed by atoms with Gasteiger partial charge in [-0.3, -0.25) is 0 Å². The fourth-order valence-corrected chi connectivity index (χ4v) is 0.796. The smallest absolute Gasteiger partial charge is 0.0169 e. The summed E-state index contributed by atoms with van der Waals surface area (Å²) in [5, 5.41) is 0. The summed E-state index contributed by atoms with van der Waals surface area (Å²) < 4.78 is 0. The van der Waals surface area contributed by atoms with Crippen molar-refractivity contribution in [3.8, 4) is 0 Å². The van der Waals surface area contributed by atoms with E-state index in [2.05, 4.69) is 36.6 Å². The Balaban J connectivity index is 3.52. The second-order valence-corrected chi connectivity index (χ2v) is 2.64. The quantitative estimate of drug-likeness (QED) is 0.245. The maximum Gasteiger partial charge on any atom is -0.0169 e. The third kappa shape index (κ3) is 10.7. The molecule has 70 valence electrons. The fourth-order valence-electron chi connectivity index (χ4n) is 0.796. The van der Waals surface area contributed by atoms with Crippen LogP contribution in [0.5, 0.6) is 0 Å². The molecular weight excluding hydrogens is 156 g/mol. The second-order valence-electron chi connectivity index (χ2n) is 2.64. The molecular formula is C13H18. The van der Waals surface area contributed by atoms with Crippen LogP contribution in [0, 0.1) is 0 Å². The van der Waals surface area contributed by atoms with Gasteiger partial charge in [0.1, 0.15) is 0 Å². The van der Waals surface area contributed by atoms with E-state index in [4.69, 9.17) is 0 Å². The van der Waals surface area contributed by atoms with Gasteiger partial charge in [-0.1, -0.05) is 30.4 Å². The van der Waals surface area contributed by atoms with Crippen LogP contribution >= 0.6 is 0 Å². The minimum absolute atomic E-state index is 0.927. The summed E-state index contributed by atoms with van der Waals surface area (Å²) in [6, 6.07) is 0. The molecule has 0 heteroatoms. The van der Waals surface area contributed by atoms with Gasteiger partial charge in [0.15, 0.2) is 0 Å². The lowest BCUT2D eigenvalue weighted by Gasteiger charge is -1.80. The van der Waals surface area contributed by atoms with Gasteiger partial charge in [0.05, 0.1) is 0 Å². The molecule has 0 saturated heterocycles. The number of rotatable bonds is 6. The third-order valence-electron chi connectivity index (χ3n) is 1.46. The van der Waals surface area contributed by atoms with Gasteiger partial charge in [0.2, 0.25) is 0 Å². The van der Waals surface area contributed by atoms with Crippen molar-refractivity contribution < 1.29 is 0 Å². The first-order chi connectivity index (χ1) is 6.41. The van der Waals surface area contributed by atoms with E-state index in [9.17, 15) is 0 Å². The molecule has 0 amide bonds. The molecule has 0 atom stereocenters. The predicted molar refractivity (Wildman–Crippen MR) is 60.7 cm³/mol. The van der Waals surface area contributed by atoms with E-state index in [0.29, 0.717) is 0 Å². The van der Waals surface area contributed by atoms with E-state index in [0.717, 1.165) is 19.3 Å². The molecule has 0 rings (SSSR count). The molecule has 0 bridgehead atoms.